The number of carbonyl (C=O) groups is 1. The summed E-state index contributed by atoms with van der Waals surface area (Å²) < 4.78 is 38.4. The van der Waals surface area contributed by atoms with Gasteiger partial charge in [-0.25, -0.2) is 0 Å². The number of rotatable bonds is 3. The molecule has 0 unspecified atom stereocenters. The summed E-state index contributed by atoms with van der Waals surface area (Å²) in [5.74, 6) is -0.927. The summed E-state index contributed by atoms with van der Waals surface area (Å²) in [6.45, 7) is 3.20. The Morgan fingerprint density at radius 2 is 1.95 bits per heavy atom. The Hall–Kier alpha value is -1.56. The van der Waals surface area contributed by atoms with Crippen LogP contribution in [0.5, 0.6) is 0 Å². The van der Waals surface area contributed by atoms with Gasteiger partial charge < -0.3 is 5.11 Å². The lowest BCUT2D eigenvalue weighted by Crippen LogP contribution is -2.26. The van der Waals surface area contributed by atoms with Crippen molar-refractivity contribution in [3.05, 3.63) is 34.7 Å². The van der Waals surface area contributed by atoms with E-state index >= 15 is 0 Å². The van der Waals surface area contributed by atoms with Crippen LogP contribution in [0.1, 0.15) is 25.0 Å². The molecule has 0 aliphatic heterocycles. The molecule has 0 fully saturated rings. The molecule has 0 spiro atoms. The fourth-order valence-corrected chi connectivity index (χ4v) is 2.95. The van der Waals surface area contributed by atoms with Gasteiger partial charge in [0.2, 0.25) is 0 Å². The lowest BCUT2D eigenvalue weighted by molar-refractivity contribution is -0.146. The number of halogens is 3. The zero-order chi connectivity index (χ0) is 15.1. The van der Waals surface area contributed by atoms with Crippen LogP contribution in [0.15, 0.2) is 23.6 Å². The Balaban J connectivity index is 2.41. The first-order valence-electron chi connectivity index (χ1n) is 5.92. The first-order valence-corrected chi connectivity index (χ1v) is 6.80. The van der Waals surface area contributed by atoms with Gasteiger partial charge in [-0.15, -0.1) is 11.3 Å². The maximum Gasteiger partial charge on any atom is 0.416 e. The van der Waals surface area contributed by atoms with Crippen LogP contribution in [0.25, 0.3) is 10.1 Å². The van der Waals surface area contributed by atoms with Crippen LogP contribution < -0.4 is 0 Å². The van der Waals surface area contributed by atoms with Crippen LogP contribution in [0.2, 0.25) is 0 Å². The molecule has 2 rings (SSSR count). The fraction of sp³-hybridized carbons (Fsp3) is 0.357. The number of aliphatic carboxylic acids is 1. The summed E-state index contributed by atoms with van der Waals surface area (Å²) in [5.41, 5.74) is -0.863. The van der Waals surface area contributed by atoms with E-state index in [4.69, 9.17) is 5.11 Å². The third-order valence-corrected chi connectivity index (χ3v) is 4.19. The fourth-order valence-electron chi connectivity index (χ4n) is 1.95. The van der Waals surface area contributed by atoms with Gasteiger partial charge in [-0.1, -0.05) is 6.07 Å². The van der Waals surface area contributed by atoms with Crippen molar-refractivity contribution < 1.29 is 23.1 Å². The van der Waals surface area contributed by atoms with Crippen LogP contribution >= 0.6 is 11.3 Å². The van der Waals surface area contributed by atoms with Crippen molar-refractivity contribution in [2.24, 2.45) is 5.41 Å². The molecule has 2 aromatic rings. The average Bonchev–Trinajstić information content (AvgIpc) is 2.70. The van der Waals surface area contributed by atoms with Gasteiger partial charge in [-0.3, -0.25) is 4.79 Å². The second-order valence-electron chi connectivity index (χ2n) is 5.34. The minimum Gasteiger partial charge on any atom is -0.481 e. The Morgan fingerprint density at radius 3 is 2.50 bits per heavy atom. The summed E-state index contributed by atoms with van der Waals surface area (Å²) in [6.07, 6.45) is -4.08. The number of carboxylic acids is 1. The zero-order valence-electron chi connectivity index (χ0n) is 10.9. The van der Waals surface area contributed by atoms with Crippen molar-refractivity contribution in [1.82, 2.24) is 0 Å². The number of benzene rings is 1. The lowest BCUT2D eigenvalue weighted by Gasteiger charge is -2.18. The lowest BCUT2D eigenvalue weighted by atomic mass is 9.86. The number of alkyl halides is 3. The molecule has 6 heteroatoms. The van der Waals surface area contributed by atoms with Crippen molar-refractivity contribution in [1.29, 1.82) is 0 Å². The second kappa shape index (κ2) is 4.77. The Morgan fingerprint density at radius 1 is 1.30 bits per heavy atom. The van der Waals surface area contributed by atoms with E-state index < -0.39 is 23.1 Å². The van der Waals surface area contributed by atoms with E-state index in [1.54, 1.807) is 19.2 Å². The molecule has 0 bridgehead atoms. The van der Waals surface area contributed by atoms with E-state index in [9.17, 15) is 18.0 Å². The topological polar surface area (TPSA) is 37.3 Å². The molecule has 0 atom stereocenters. The van der Waals surface area contributed by atoms with Crippen LogP contribution in [0.3, 0.4) is 0 Å². The first kappa shape index (κ1) is 14.8. The van der Waals surface area contributed by atoms with Crippen molar-refractivity contribution in [2.45, 2.75) is 26.4 Å². The van der Waals surface area contributed by atoms with Gasteiger partial charge in [0.05, 0.1) is 11.0 Å². The molecule has 1 aromatic carbocycles. The van der Waals surface area contributed by atoms with Gasteiger partial charge in [-0.05, 0) is 48.7 Å². The molecule has 1 aromatic heterocycles. The van der Waals surface area contributed by atoms with Crippen LogP contribution in [0, 0.1) is 5.41 Å². The summed E-state index contributed by atoms with van der Waals surface area (Å²) >= 11 is 1.20. The molecule has 2 nitrogen and oxygen atoms in total. The predicted octanol–water partition coefficient (Wildman–Crippen LogP) is 4.57. The van der Waals surface area contributed by atoms with E-state index in [1.165, 1.54) is 17.4 Å². The molecule has 0 aliphatic rings. The molecule has 0 saturated heterocycles. The summed E-state index contributed by atoms with van der Waals surface area (Å²) in [5, 5.41) is 11.5. The van der Waals surface area contributed by atoms with Crippen LogP contribution in [0.4, 0.5) is 13.2 Å². The normalized spacial score (nSPS) is 12.8. The predicted molar refractivity (Wildman–Crippen MR) is 71.9 cm³/mol. The highest BCUT2D eigenvalue weighted by Crippen LogP contribution is 2.36. The molecule has 0 radical (unpaired) electrons. The average molecular weight is 302 g/mol. The van der Waals surface area contributed by atoms with Gasteiger partial charge in [0.1, 0.15) is 0 Å². The first-order chi connectivity index (χ1) is 9.11. The van der Waals surface area contributed by atoms with E-state index in [2.05, 4.69) is 0 Å². The Bertz CT molecular complexity index is 656. The highest BCUT2D eigenvalue weighted by Gasteiger charge is 2.32. The number of fused-ring (bicyclic) bond motifs is 1. The molecular weight excluding hydrogens is 289 g/mol. The molecule has 0 saturated carbocycles. The van der Waals surface area contributed by atoms with Gasteiger partial charge in [0.15, 0.2) is 0 Å². The minimum absolute atomic E-state index is 0.285. The molecule has 1 heterocycles. The van der Waals surface area contributed by atoms with E-state index in [0.29, 0.717) is 10.1 Å². The molecule has 20 heavy (non-hydrogen) atoms. The van der Waals surface area contributed by atoms with E-state index in [0.717, 1.165) is 17.7 Å². The quantitative estimate of drug-likeness (QED) is 0.901. The second-order valence-corrected chi connectivity index (χ2v) is 6.25. The van der Waals surface area contributed by atoms with Crippen molar-refractivity contribution in [2.75, 3.05) is 0 Å². The standard InChI is InChI=1S/C14H13F3O2S/c1-13(2,12(18)19)6-8-7-20-11-5-9(14(15,16)17)3-4-10(8)11/h3-5,7H,6H2,1-2H3,(H,18,19). The van der Waals surface area contributed by atoms with Gasteiger partial charge in [0.25, 0.3) is 0 Å². The summed E-state index contributed by atoms with van der Waals surface area (Å²) in [4.78, 5) is 11.1. The highest BCUT2D eigenvalue weighted by molar-refractivity contribution is 7.17. The third-order valence-electron chi connectivity index (χ3n) is 3.19. The Labute approximate surface area is 117 Å². The third kappa shape index (κ3) is 2.80. The highest BCUT2D eigenvalue weighted by atomic mass is 32.1. The van der Waals surface area contributed by atoms with Gasteiger partial charge in [-0.2, -0.15) is 13.2 Å². The molecule has 108 valence electrons. The van der Waals surface area contributed by atoms with Gasteiger partial charge >= 0.3 is 12.1 Å². The smallest absolute Gasteiger partial charge is 0.416 e. The molecular formula is C14H13F3O2S. The van der Waals surface area contributed by atoms with Crippen molar-refractivity contribution >= 4 is 27.4 Å². The van der Waals surface area contributed by atoms with Gasteiger partial charge in [0, 0.05) is 4.70 Å². The number of carboxylic acid groups (broad SMARTS) is 1. The van der Waals surface area contributed by atoms with Crippen LogP contribution in [-0.2, 0) is 17.4 Å². The largest absolute Gasteiger partial charge is 0.481 e. The summed E-state index contributed by atoms with van der Waals surface area (Å²) in [6, 6.07) is 3.56. The minimum atomic E-state index is -4.36. The summed E-state index contributed by atoms with van der Waals surface area (Å²) in [7, 11) is 0. The maximum atomic E-state index is 12.6. The van der Waals surface area contributed by atoms with E-state index in [1.807, 2.05) is 0 Å². The SMILES string of the molecule is CC(C)(Cc1csc2cc(C(F)(F)F)ccc12)C(=O)O. The maximum absolute atomic E-state index is 12.6. The number of thiophene rings is 1. The number of hydrogen-bond donors (Lipinski definition) is 1. The van der Waals surface area contributed by atoms with Crippen LogP contribution in [-0.4, -0.2) is 11.1 Å². The van der Waals surface area contributed by atoms with Crippen molar-refractivity contribution in [3.63, 3.8) is 0 Å². The zero-order valence-corrected chi connectivity index (χ0v) is 11.7. The Kier molecular flexibility index (Phi) is 3.54. The monoisotopic (exact) mass is 302 g/mol. The number of hydrogen-bond acceptors (Lipinski definition) is 2. The molecule has 1 N–H and O–H groups in total. The molecule has 0 amide bonds. The van der Waals surface area contributed by atoms with Crippen molar-refractivity contribution in [3.8, 4) is 0 Å². The molecule has 0 aliphatic carbocycles. The van der Waals surface area contributed by atoms with E-state index in [-0.39, 0.29) is 6.42 Å².